The Labute approximate surface area is 145 Å². The van der Waals surface area contributed by atoms with Gasteiger partial charge in [0.25, 0.3) is 0 Å². The van der Waals surface area contributed by atoms with E-state index in [0.717, 1.165) is 27.6 Å². The highest BCUT2D eigenvalue weighted by molar-refractivity contribution is 7.15. The molecule has 0 saturated heterocycles. The van der Waals surface area contributed by atoms with Gasteiger partial charge >= 0.3 is 0 Å². The number of hydrogen-bond acceptors (Lipinski definition) is 3. The number of thiazole rings is 1. The van der Waals surface area contributed by atoms with Crippen molar-refractivity contribution in [2.45, 2.75) is 20.4 Å². The molecule has 0 aliphatic rings. The van der Waals surface area contributed by atoms with Crippen LogP contribution in [0.5, 0.6) is 0 Å². The number of aromatic nitrogens is 2. The highest BCUT2D eigenvalue weighted by Gasteiger charge is 2.18. The molecule has 0 aliphatic heterocycles. The van der Waals surface area contributed by atoms with Gasteiger partial charge in [-0.1, -0.05) is 54.1 Å². The fraction of sp³-hybridized carbons (Fsp3) is 0.150. The molecule has 2 N–H and O–H groups in total. The van der Waals surface area contributed by atoms with Crippen LogP contribution in [0.1, 0.15) is 16.8 Å². The lowest BCUT2D eigenvalue weighted by atomic mass is 10.0. The topological polar surface area (TPSA) is 43.3 Å². The van der Waals surface area contributed by atoms with Gasteiger partial charge in [-0.15, -0.1) is 11.3 Å². The third kappa shape index (κ3) is 2.35. The molecule has 0 spiro atoms. The van der Waals surface area contributed by atoms with Crippen LogP contribution in [-0.2, 0) is 6.54 Å². The quantitative estimate of drug-likeness (QED) is 0.585. The number of benzene rings is 2. The summed E-state index contributed by atoms with van der Waals surface area (Å²) in [7, 11) is 0. The molecule has 0 saturated carbocycles. The zero-order chi connectivity index (χ0) is 16.7. The number of rotatable bonds is 3. The number of imidazole rings is 1. The molecule has 2 aromatic carbocycles. The first-order valence-electron chi connectivity index (χ1n) is 8.01. The third-order valence-electron chi connectivity index (χ3n) is 4.36. The molecule has 120 valence electrons. The van der Waals surface area contributed by atoms with Crippen molar-refractivity contribution in [2.24, 2.45) is 5.73 Å². The van der Waals surface area contributed by atoms with Crippen LogP contribution in [0.2, 0.25) is 0 Å². The average molecular weight is 333 g/mol. The summed E-state index contributed by atoms with van der Waals surface area (Å²) in [6, 6.07) is 16.9. The van der Waals surface area contributed by atoms with E-state index in [1.807, 2.05) is 6.07 Å². The minimum Gasteiger partial charge on any atom is -0.325 e. The summed E-state index contributed by atoms with van der Waals surface area (Å²) in [6.45, 7) is 4.70. The molecule has 2 heterocycles. The van der Waals surface area contributed by atoms with E-state index < -0.39 is 0 Å². The molecule has 0 bridgehead atoms. The smallest absolute Gasteiger partial charge is 0.195 e. The lowest BCUT2D eigenvalue weighted by molar-refractivity contribution is 0.973. The Bertz CT molecular complexity index is 1010. The molecule has 0 fully saturated rings. The van der Waals surface area contributed by atoms with Crippen LogP contribution < -0.4 is 5.73 Å². The molecule has 0 amide bonds. The maximum absolute atomic E-state index is 6.13. The Balaban J connectivity index is 1.97. The van der Waals surface area contributed by atoms with Crippen LogP contribution >= 0.6 is 11.3 Å². The molecule has 4 aromatic rings. The minimum atomic E-state index is 0.459. The Morgan fingerprint density at radius 1 is 1.08 bits per heavy atom. The van der Waals surface area contributed by atoms with Gasteiger partial charge in [-0.2, -0.15) is 0 Å². The van der Waals surface area contributed by atoms with Crippen molar-refractivity contribution in [1.29, 1.82) is 0 Å². The standard InChI is InChI=1S/C20H19N3S/c1-13-8-9-16(14(2)10-13)19-17(11-21)23-18(12-24-20(23)22-19)15-6-4-3-5-7-15/h3-10,12H,11,21H2,1-2H3. The molecule has 0 atom stereocenters. The monoisotopic (exact) mass is 333 g/mol. The van der Waals surface area contributed by atoms with Gasteiger partial charge in [-0.05, 0) is 25.0 Å². The SMILES string of the molecule is Cc1ccc(-c2nc3scc(-c4ccccc4)n3c2CN)c(C)c1. The van der Waals surface area contributed by atoms with E-state index in [1.165, 1.54) is 16.7 Å². The molecule has 2 aromatic heterocycles. The van der Waals surface area contributed by atoms with E-state index in [9.17, 15) is 0 Å². The fourth-order valence-corrected chi connectivity index (χ4v) is 4.13. The lowest BCUT2D eigenvalue weighted by Crippen LogP contribution is -2.03. The van der Waals surface area contributed by atoms with Gasteiger partial charge in [0.2, 0.25) is 0 Å². The number of aryl methyl sites for hydroxylation is 2. The van der Waals surface area contributed by atoms with Crippen LogP contribution in [0.4, 0.5) is 0 Å². The van der Waals surface area contributed by atoms with Crippen LogP contribution in [0.15, 0.2) is 53.9 Å². The van der Waals surface area contributed by atoms with Gasteiger partial charge < -0.3 is 5.73 Å². The highest BCUT2D eigenvalue weighted by atomic mass is 32.1. The van der Waals surface area contributed by atoms with Gasteiger partial charge in [-0.25, -0.2) is 4.98 Å². The minimum absolute atomic E-state index is 0.459. The summed E-state index contributed by atoms with van der Waals surface area (Å²) in [5.41, 5.74) is 14.2. The van der Waals surface area contributed by atoms with E-state index in [2.05, 4.69) is 66.1 Å². The van der Waals surface area contributed by atoms with Crippen molar-refractivity contribution < 1.29 is 0 Å². The maximum atomic E-state index is 6.13. The van der Waals surface area contributed by atoms with E-state index in [1.54, 1.807) is 11.3 Å². The second-order valence-electron chi connectivity index (χ2n) is 6.03. The van der Waals surface area contributed by atoms with Crippen molar-refractivity contribution >= 4 is 16.3 Å². The summed E-state index contributed by atoms with van der Waals surface area (Å²) in [6.07, 6.45) is 0. The van der Waals surface area contributed by atoms with Crippen molar-refractivity contribution in [3.05, 3.63) is 70.7 Å². The summed E-state index contributed by atoms with van der Waals surface area (Å²) >= 11 is 1.66. The van der Waals surface area contributed by atoms with Gasteiger partial charge in [0, 0.05) is 17.5 Å². The van der Waals surface area contributed by atoms with E-state index in [4.69, 9.17) is 10.7 Å². The first kappa shape index (κ1) is 15.1. The van der Waals surface area contributed by atoms with Gasteiger partial charge in [0.1, 0.15) is 0 Å². The fourth-order valence-electron chi connectivity index (χ4n) is 3.21. The van der Waals surface area contributed by atoms with Crippen molar-refractivity contribution in [3.8, 4) is 22.5 Å². The largest absolute Gasteiger partial charge is 0.325 e. The summed E-state index contributed by atoms with van der Waals surface area (Å²) in [4.78, 5) is 5.88. The highest BCUT2D eigenvalue weighted by Crippen LogP contribution is 2.34. The maximum Gasteiger partial charge on any atom is 0.195 e. The van der Waals surface area contributed by atoms with Crippen LogP contribution in [0.3, 0.4) is 0 Å². The van der Waals surface area contributed by atoms with Crippen molar-refractivity contribution in [2.75, 3.05) is 0 Å². The first-order chi connectivity index (χ1) is 11.7. The Morgan fingerprint density at radius 3 is 2.58 bits per heavy atom. The molecule has 4 heteroatoms. The van der Waals surface area contributed by atoms with Crippen LogP contribution in [0, 0.1) is 13.8 Å². The number of nitrogens with two attached hydrogens (primary N) is 1. The lowest BCUT2D eigenvalue weighted by Gasteiger charge is -2.08. The molecular formula is C20H19N3S. The van der Waals surface area contributed by atoms with Crippen LogP contribution in [0.25, 0.3) is 27.5 Å². The Kier molecular flexibility index (Phi) is 3.71. The van der Waals surface area contributed by atoms with Gasteiger partial charge in [-0.3, -0.25) is 4.40 Å². The summed E-state index contributed by atoms with van der Waals surface area (Å²) < 4.78 is 2.20. The molecule has 4 rings (SSSR count). The van der Waals surface area contributed by atoms with Crippen LogP contribution in [-0.4, -0.2) is 9.38 Å². The first-order valence-corrected chi connectivity index (χ1v) is 8.89. The number of nitrogens with zero attached hydrogens (tertiary/aromatic N) is 2. The molecule has 24 heavy (non-hydrogen) atoms. The Hall–Kier alpha value is -2.43. The Morgan fingerprint density at radius 2 is 1.88 bits per heavy atom. The van der Waals surface area contributed by atoms with Crippen molar-refractivity contribution in [1.82, 2.24) is 9.38 Å². The van der Waals surface area contributed by atoms with Gasteiger partial charge in [0.15, 0.2) is 4.96 Å². The second-order valence-corrected chi connectivity index (χ2v) is 6.87. The average Bonchev–Trinajstić information content (AvgIpc) is 3.14. The summed E-state index contributed by atoms with van der Waals surface area (Å²) in [5, 5.41) is 2.16. The number of fused-ring (bicyclic) bond motifs is 1. The zero-order valence-corrected chi connectivity index (χ0v) is 14.6. The molecule has 0 unspecified atom stereocenters. The number of hydrogen-bond donors (Lipinski definition) is 1. The predicted octanol–water partition coefficient (Wildman–Crippen LogP) is 4.81. The molecule has 0 radical (unpaired) electrons. The zero-order valence-electron chi connectivity index (χ0n) is 13.8. The third-order valence-corrected chi connectivity index (χ3v) is 5.18. The van der Waals surface area contributed by atoms with E-state index in [-0.39, 0.29) is 0 Å². The summed E-state index contributed by atoms with van der Waals surface area (Å²) in [5.74, 6) is 0. The van der Waals surface area contributed by atoms with E-state index >= 15 is 0 Å². The molecular weight excluding hydrogens is 314 g/mol. The van der Waals surface area contributed by atoms with Crippen molar-refractivity contribution in [3.63, 3.8) is 0 Å². The predicted molar refractivity (Wildman–Crippen MR) is 101 cm³/mol. The molecule has 0 aliphatic carbocycles. The van der Waals surface area contributed by atoms with E-state index in [0.29, 0.717) is 6.54 Å². The molecule has 3 nitrogen and oxygen atoms in total. The normalized spacial score (nSPS) is 11.3. The second kappa shape index (κ2) is 5.89. The van der Waals surface area contributed by atoms with Gasteiger partial charge in [0.05, 0.1) is 17.1 Å².